The lowest BCUT2D eigenvalue weighted by Gasteiger charge is -2.20. The van der Waals surface area contributed by atoms with E-state index in [1.807, 2.05) is 43.3 Å². The molecule has 1 N–H and O–H groups in total. The van der Waals surface area contributed by atoms with Crippen LogP contribution < -0.4 is 14.8 Å². The molecule has 0 saturated heterocycles. The second-order valence-electron chi connectivity index (χ2n) is 5.13. The fourth-order valence-corrected chi connectivity index (χ4v) is 2.78. The molecular formula is C17H16BrNO3. The molecule has 3 rings (SSSR count). The number of halogens is 1. The number of aryl methyl sites for hydroxylation is 1. The Morgan fingerprint density at radius 1 is 1.18 bits per heavy atom. The first-order valence-electron chi connectivity index (χ1n) is 7.07. The van der Waals surface area contributed by atoms with Crippen LogP contribution in [0.25, 0.3) is 0 Å². The van der Waals surface area contributed by atoms with Gasteiger partial charge < -0.3 is 14.8 Å². The van der Waals surface area contributed by atoms with Gasteiger partial charge in [0.25, 0.3) is 0 Å². The molecule has 0 fully saturated rings. The van der Waals surface area contributed by atoms with Gasteiger partial charge in [-0.2, -0.15) is 0 Å². The van der Waals surface area contributed by atoms with Crippen LogP contribution >= 0.6 is 15.9 Å². The van der Waals surface area contributed by atoms with Crippen LogP contribution in [-0.2, 0) is 11.2 Å². The predicted molar refractivity (Wildman–Crippen MR) is 88.6 cm³/mol. The van der Waals surface area contributed by atoms with Crippen molar-refractivity contribution < 1.29 is 14.3 Å². The third-order valence-electron chi connectivity index (χ3n) is 3.48. The molecule has 0 unspecified atom stereocenters. The molecule has 0 aliphatic carbocycles. The summed E-state index contributed by atoms with van der Waals surface area (Å²) in [7, 11) is 0. The Morgan fingerprint density at radius 3 is 2.59 bits per heavy atom. The largest absolute Gasteiger partial charge is 0.486 e. The number of para-hydroxylation sites is 1. The van der Waals surface area contributed by atoms with Crippen molar-refractivity contribution in [3.63, 3.8) is 0 Å². The highest BCUT2D eigenvalue weighted by Crippen LogP contribution is 2.35. The molecule has 0 spiro atoms. The highest BCUT2D eigenvalue weighted by Gasteiger charge is 2.16. The Kier molecular flexibility index (Phi) is 4.34. The van der Waals surface area contributed by atoms with Gasteiger partial charge in [0, 0.05) is 10.2 Å². The molecule has 0 bridgehead atoms. The molecule has 114 valence electrons. The van der Waals surface area contributed by atoms with Gasteiger partial charge in [-0.1, -0.05) is 34.1 Å². The molecule has 1 aliphatic heterocycles. The molecule has 22 heavy (non-hydrogen) atoms. The zero-order chi connectivity index (χ0) is 15.5. The number of ether oxygens (including phenoxy) is 2. The van der Waals surface area contributed by atoms with Crippen LogP contribution in [0.15, 0.2) is 40.9 Å². The molecule has 0 saturated carbocycles. The Hall–Kier alpha value is -2.01. The average molecular weight is 362 g/mol. The minimum atomic E-state index is -0.0633. The Bertz CT molecular complexity index is 715. The lowest BCUT2D eigenvalue weighted by Crippen LogP contribution is -2.17. The number of anilines is 1. The van der Waals surface area contributed by atoms with E-state index in [1.165, 1.54) is 0 Å². The molecule has 1 aliphatic rings. The van der Waals surface area contributed by atoms with E-state index in [4.69, 9.17) is 9.47 Å². The number of rotatable bonds is 3. The zero-order valence-corrected chi connectivity index (χ0v) is 13.8. The SMILES string of the molecule is Cc1ccccc1NC(=O)Cc1cc2c(cc1Br)OCCO2. The van der Waals surface area contributed by atoms with Crippen LogP contribution in [0.5, 0.6) is 11.5 Å². The normalized spacial score (nSPS) is 12.8. The summed E-state index contributed by atoms with van der Waals surface area (Å²) >= 11 is 3.49. The molecule has 2 aromatic carbocycles. The average Bonchev–Trinajstić information content (AvgIpc) is 2.50. The van der Waals surface area contributed by atoms with E-state index in [9.17, 15) is 4.79 Å². The number of nitrogens with one attached hydrogen (secondary N) is 1. The van der Waals surface area contributed by atoms with E-state index in [0.29, 0.717) is 24.7 Å². The van der Waals surface area contributed by atoms with Crippen molar-refractivity contribution in [3.05, 3.63) is 52.0 Å². The molecule has 0 aromatic heterocycles. The smallest absolute Gasteiger partial charge is 0.228 e. The molecule has 0 radical (unpaired) electrons. The van der Waals surface area contributed by atoms with E-state index in [1.54, 1.807) is 0 Å². The van der Waals surface area contributed by atoms with Gasteiger partial charge in [-0.05, 0) is 36.2 Å². The van der Waals surface area contributed by atoms with E-state index >= 15 is 0 Å². The second kappa shape index (κ2) is 6.40. The van der Waals surface area contributed by atoms with E-state index < -0.39 is 0 Å². The van der Waals surface area contributed by atoms with Gasteiger partial charge in [-0.15, -0.1) is 0 Å². The molecule has 1 amide bonds. The number of amides is 1. The lowest BCUT2D eigenvalue weighted by atomic mass is 10.1. The van der Waals surface area contributed by atoms with Crippen LogP contribution in [0.2, 0.25) is 0 Å². The summed E-state index contributed by atoms with van der Waals surface area (Å²) in [5.74, 6) is 1.33. The van der Waals surface area contributed by atoms with Crippen molar-refractivity contribution >= 4 is 27.5 Å². The van der Waals surface area contributed by atoms with Crippen LogP contribution in [0.4, 0.5) is 5.69 Å². The fourth-order valence-electron chi connectivity index (χ4n) is 2.32. The van der Waals surface area contributed by atoms with Crippen molar-refractivity contribution in [1.82, 2.24) is 0 Å². The first-order chi connectivity index (χ1) is 10.6. The zero-order valence-electron chi connectivity index (χ0n) is 12.2. The second-order valence-corrected chi connectivity index (χ2v) is 5.98. The monoisotopic (exact) mass is 361 g/mol. The Labute approximate surface area is 137 Å². The molecule has 4 nitrogen and oxygen atoms in total. The van der Waals surface area contributed by atoms with Crippen LogP contribution in [0, 0.1) is 6.92 Å². The van der Waals surface area contributed by atoms with E-state index in [-0.39, 0.29) is 12.3 Å². The number of fused-ring (bicyclic) bond motifs is 1. The van der Waals surface area contributed by atoms with Crippen molar-refractivity contribution in [2.75, 3.05) is 18.5 Å². The molecule has 1 heterocycles. The van der Waals surface area contributed by atoms with Crippen molar-refractivity contribution in [3.8, 4) is 11.5 Å². The summed E-state index contributed by atoms with van der Waals surface area (Å²) in [5, 5.41) is 2.93. The molecule has 0 atom stereocenters. The molecule has 5 heteroatoms. The van der Waals surface area contributed by atoms with E-state index in [0.717, 1.165) is 21.3 Å². The van der Waals surface area contributed by atoms with Crippen LogP contribution in [0.3, 0.4) is 0 Å². The topological polar surface area (TPSA) is 47.6 Å². The highest BCUT2D eigenvalue weighted by molar-refractivity contribution is 9.10. The fraction of sp³-hybridized carbons (Fsp3) is 0.235. The summed E-state index contributed by atoms with van der Waals surface area (Å²) in [6.45, 7) is 3.05. The van der Waals surface area contributed by atoms with Crippen molar-refractivity contribution in [2.45, 2.75) is 13.3 Å². The lowest BCUT2D eigenvalue weighted by molar-refractivity contribution is -0.115. The summed E-state index contributed by atoms with van der Waals surface area (Å²) in [6, 6.07) is 11.4. The number of benzene rings is 2. The minimum absolute atomic E-state index is 0.0633. The van der Waals surface area contributed by atoms with Gasteiger partial charge in [0.05, 0.1) is 6.42 Å². The summed E-state index contributed by atoms with van der Waals surface area (Å²) in [4.78, 5) is 12.3. The number of hydrogen-bond acceptors (Lipinski definition) is 3. The maximum atomic E-state index is 12.3. The third kappa shape index (κ3) is 3.25. The van der Waals surface area contributed by atoms with Gasteiger partial charge in [-0.3, -0.25) is 4.79 Å². The van der Waals surface area contributed by atoms with Gasteiger partial charge in [-0.25, -0.2) is 0 Å². The maximum absolute atomic E-state index is 12.3. The van der Waals surface area contributed by atoms with Crippen molar-refractivity contribution in [2.24, 2.45) is 0 Å². The number of hydrogen-bond donors (Lipinski definition) is 1. The number of carbonyl (C=O) groups excluding carboxylic acids is 1. The number of carbonyl (C=O) groups is 1. The standard InChI is InChI=1S/C17H16BrNO3/c1-11-4-2-3-5-14(11)19-17(20)9-12-8-15-16(10-13(12)18)22-7-6-21-15/h2-5,8,10H,6-7,9H2,1H3,(H,19,20). The van der Waals surface area contributed by atoms with Crippen LogP contribution in [-0.4, -0.2) is 19.1 Å². The quantitative estimate of drug-likeness (QED) is 0.906. The van der Waals surface area contributed by atoms with E-state index in [2.05, 4.69) is 21.2 Å². The van der Waals surface area contributed by atoms with Gasteiger partial charge in [0.15, 0.2) is 11.5 Å². The third-order valence-corrected chi connectivity index (χ3v) is 4.22. The molecular weight excluding hydrogens is 346 g/mol. The van der Waals surface area contributed by atoms with Crippen molar-refractivity contribution in [1.29, 1.82) is 0 Å². The summed E-state index contributed by atoms with van der Waals surface area (Å²) in [6.07, 6.45) is 0.269. The molecule has 2 aromatic rings. The summed E-state index contributed by atoms with van der Waals surface area (Å²) < 4.78 is 11.9. The van der Waals surface area contributed by atoms with Crippen LogP contribution in [0.1, 0.15) is 11.1 Å². The van der Waals surface area contributed by atoms with Gasteiger partial charge in [0.1, 0.15) is 13.2 Å². The first-order valence-corrected chi connectivity index (χ1v) is 7.86. The summed E-state index contributed by atoms with van der Waals surface area (Å²) in [5.41, 5.74) is 2.74. The highest BCUT2D eigenvalue weighted by atomic mass is 79.9. The maximum Gasteiger partial charge on any atom is 0.228 e. The Morgan fingerprint density at radius 2 is 1.86 bits per heavy atom. The Balaban J connectivity index is 1.75. The first kappa shape index (κ1) is 14.9. The minimum Gasteiger partial charge on any atom is -0.486 e. The predicted octanol–water partition coefficient (Wildman–Crippen LogP) is 3.71. The van der Waals surface area contributed by atoms with Gasteiger partial charge >= 0.3 is 0 Å². The van der Waals surface area contributed by atoms with Gasteiger partial charge in [0.2, 0.25) is 5.91 Å².